The van der Waals surface area contributed by atoms with Crippen LogP contribution in [0.5, 0.6) is 0 Å². The van der Waals surface area contributed by atoms with Crippen molar-refractivity contribution in [3.8, 4) is 0 Å². The number of hydrogen-bond donors (Lipinski definition) is 1. The lowest BCUT2D eigenvalue weighted by molar-refractivity contribution is -0.133. The number of carbonyl (C=O) groups is 1. The van der Waals surface area contributed by atoms with Crippen molar-refractivity contribution in [1.82, 2.24) is 9.62 Å². The summed E-state index contributed by atoms with van der Waals surface area (Å²) in [5.74, 6) is -0.789. The second-order valence-electron chi connectivity index (χ2n) is 8.85. The fraction of sp³-hybridized carbons (Fsp3) is 0.296. The Kier molecular flexibility index (Phi) is 7.52. The molecule has 0 aromatic heterocycles. The summed E-state index contributed by atoms with van der Waals surface area (Å²) in [4.78, 5) is 17.5. The van der Waals surface area contributed by atoms with Gasteiger partial charge < -0.3 is 9.80 Å². The summed E-state index contributed by atoms with van der Waals surface area (Å²) in [6, 6.07) is 19.1. The maximum Gasteiger partial charge on any atom is 0.241 e. The molecule has 0 unspecified atom stereocenters. The molecule has 1 aliphatic heterocycles. The lowest BCUT2D eigenvalue weighted by atomic mass is 10.0. The number of aryl methyl sites for hydroxylation is 1. The van der Waals surface area contributed by atoms with E-state index in [0.717, 1.165) is 23.4 Å². The molecule has 1 N–H and O–H groups in total. The van der Waals surface area contributed by atoms with Crippen molar-refractivity contribution in [3.63, 3.8) is 0 Å². The molecule has 0 bridgehead atoms. The van der Waals surface area contributed by atoms with Crippen LogP contribution in [0.2, 0.25) is 0 Å². The first-order valence-electron chi connectivity index (χ1n) is 11.7. The predicted octanol–water partition coefficient (Wildman–Crippen LogP) is 3.68. The van der Waals surface area contributed by atoms with Gasteiger partial charge in [-0.15, -0.1) is 0 Å². The lowest BCUT2D eigenvalue weighted by Crippen LogP contribution is -2.55. The summed E-state index contributed by atoms with van der Waals surface area (Å²) >= 11 is 0. The van der Waals surface area contributed by atoms with Gasteiger partial charge in [-0.3, -0.25) is 4.79 Å². The minimum atomic E-state index is -4.02. The monoisotopic (exact) mass is 495 g/mol. The number of anilines is 1. The zero-order valence-corrected chi connectivity index (χ0v) is 20.8. The molecule has 1 saturated heterocycles. The van der Waals surface area contributed by atoms with Crippen molar-refractivity contribution in [2.24, 2.45) is 0 Å². The highest BCUT2D eigenvalue weighted by molar-refractivity contribution is 7.89. The van der Waals surface area contributed by atoms with E-state index in [1.807, 2.05) is 36.4 Å². The van der Waals surface area contributed by atoms with Gasteiger partial charge in [0.05, 0.1) is 4.90 Å². The SMILES string of the molecule is Cc1cccc(N2CCN(C(=O)[C@H](Cc3ccccc3)NS(=O)(=O)c3ccc(F)cc3)CC2)c1C. The third kappa shape index (κ3) is 5.89. The second-order valence-corrected chi connectivity index (χ2v) is 10.6. The Morgan fingerprint density at radius 3 is 2.23 bits per heavy atom. The highest BCUT2D eigenvalue weighted by Crippen LogP contribution is 2.24. The van der Waals surface area contributed by atoms with E-state index in [-0.39, 0.29) is 17.2 Å². The molecular weight excluding hydrogens is 465 g/mol. The number of halogens is 1. The van der Waals surface area contributed by atoms with Gasteiger partial charge in [0.15, 0.2) is 0 Å². The van der Waals surface area contributed by atoms with Gasteiger partial charge in [0.1, 0.15) is 11.9 Å². The van der Waals surface area contributed by atoms with Crippen LogP contribution < -0.4 is 9.62 Å². The zero-order valence-electron chi connectivity index (χ0n) is 19.9. The summed E-state index contributed by atoms with van der Waals surface area (Å²) < 4.78 is 41.9. The fourth-order valence-electron chi connectivity index (χ4n) is 4.36. The Morgan fingerprint density at radius 2 is 1.57 bits per heavy atom. The zero-order chi connectivity index (χ0) is 25.0. The van der Waals surface area contributed by atoms with Gasteiger partial charge in [0.25, 0.3) is 0 Å². The Labute approximate surface area is 206 Å². The van der Waals surface area contributed by atoms with Crippen molar-refractivity contribution < 1.29 is 17.6 Å². The minimum Gasteiger partial charge on any atom is -0.368 e. The molecule has 0 radical (unpaired) electrons. The number of amides is 1. The van der Waals surface area contributed by atoms with E-state index in [4.69, 9.17) is 0 Å². The highest BCUT2D eigenvalue weighted by atomic mass is 32.2. The number of hydrogen-bond acceptors (Lipinski definition) is 4. The average molecular weight is 496 g/mol. The summed E-state index contributed by atoms with van der Waals surface area (Å²) in [5.41, 5.74) is 4.46. The normalized spacial score (nSPS) is 15.2. The Morgan fingerprint density at radius 1 is 0.914 bits per heavy atom. The van der Waals surface area contributed by atoms with E-state index < -0.39 is 21.9 Å². The van der Waals surface area contributed by atoms with Gasteiger partial charge in [-0.25, -0.2) is 12.8 Å². The van der Waals surface area contributed by atoms with Gasteiger partial charge in [0.2, 0.25) is 15.9 Å². The third-order valence-electron chi connectivity index (χ3n) is 6.51. The first-order chi connectivity index (χ1) is 16.7. The molecule has 1 heterocycles. The number of piperazine rings is 1. The van der Waals surface area contributed by atoms with Crippen molar-refractivity contribution in [2.75, 3.05) is 31.1 Å². The number of sulfonamides is 1. The highest BCUT2D eigenvalue weighted by Gasteiger charge is 2.31. The quantitative estimate of drug-likeness (QED) is 0.543. The first kappa shape index (κ1) is 24.9. The van der Waals surface area contributed by atoms with Crippen molar-refractivity contribution >= 4 is 21.6 Å². The van der Waals surface area contributed by atoms with Crippen LogP contribution in [0.3, 0.4) is 0 Å². The molecular formula is C27H30FN3O3S. The largest absolute Gasteiger partial charge is 0.368 e. The molecule has 1 aliphatic rings. The summed E-state index contributed by atoms with van der Waals surface area (Å²) in [6.45, 7) is 6.51. The smallest absolute Gasteiger partial charge is 0.241 e. The lowest BCUT2D eigenvalue weighted by Gasteiger charge is -2.38. The molecule has 8 heteroatoms. The van der Waals surface area contributed by atoms with Crippen LogP contribution in [0.4, 0.5) is 10.1 Å². The van der Waals surface area contributed by atoms with Gasteiger partial charge in [-0.2, -0.15) is 4.72 Å². The molecule has 1 atom stereocenters. The fourth-order valence-corrected chi connectivity index (χ4v) is 5.55. The van der Waals surface area contributed by atoms with Gasteiger partial charge >= 0.3 is 0 Å². The summed E-state index contributed by atoms with van der Waals surface area (Å²) in [6.07, 6.45) is 0.220. The van der Waals surface area contributed by atoms with Gasteiger partial charge in [0, 0.05) is 31.9 Å². The van der Waals surface area contributed by atoms with E-state index in [9.17, 15) is 17.6 Å². The van der Waals surface area contributed by atoms with E-state index in [1.165, 1.54) is 23.3 Å². The van der Waals surface area contributed by atoms with Crippen LogP contribution in [0.15, 0.2) is 77.7 Å². The maximum absolute atomic E-state index is 13.6. The third-order valence-corrected chi connectivity index (χ3v) is 8.00. The molecule has 6 nitrogen and oxygen atoms in total. The molecule has 0 spiro atoms. The molecule has 3 aromatic rings. The average Bonchev–Trinajstić information content (AvgIpc) is 2.86. The molecule has 1 amide bonds. The predicted molar refractivity (Wildman–Crippen MR) is 135 cm³/mol. The van der Waals surface area contributed by atoms with E-state index in [0.29, 0.717) is 26.2 Å². The van der Waals surface area contributed by atoms with E-state index in [2.05, 4.69) is 35.6 Å². The standard InChI is InChI=1S/C27H30FN3O3S/c1-20-7-6-10-26(21(20)2)30-15-17-31(18-16-30)27(32)25(19-22-8-4-3-5-9-22)29-35(33,34)24-13-11-23(28)12-14-24/h3-14,25,29H,15-19H2,1-2H3/t25-/m0/s1. The van der Waals surface area contributed by atoms with Crippen LogP contribution >= 0.6 is 0 Å². The second kappa shape index (κ2) is 10.6. The molecule has 1 fully saturated rings. The van der Waals surface area contributed by atoms with Crippen LogP contribution in [-0.2, 0) is 21.2 Å². The van der Waals surface area contributed by atoms with Crippen LogP contribution in [0.25, 0.3) is 0 Å². The molecule has 4 rings (SSSR count). The molecule has 35 heavy (non-hydrogen) atoms. The number of nitrogens with zero attached hydrogens (tertiary/aromatic N) is 2. The Balaban J connectivity index is 1.51. The van der Waals surface area contributed by atoms with Crippen molar-refractivity contribution in [2.45, 2.75) is 31.2 Å². The van der Waals surface area contributed by atoms with E-state index >= 15 is 0 Å². The summed E-state index contributed by atoms with van der Waals surface area (Å²) in [7, 11) is -4.02. The first-order valence-corrected chi connectivity index (χ1v) is 13.1. The van der Waals surface area contributed by atoms with Crippen LogP contribution in [-0.4, -0.2) is 51.4 Å². The molecule has 0 saturated carbocycles. The number of benzene rings is 3. The van der Waals surface area contributed by atoms with Crippen molar-refractivity contribution in [3.05, 3.63) is 95.3 Å². The van der Waals surface area contributed by atoms with Crippen LogP contribution in [0, 0.1) is 19.7 Å². The molecule has 184 valence electrons. The summed E-state index contributed by atoms with van der Waals surface area (Å²) in [5, 5.41) is 0. The topological polar surface area (TPSA) is 69.7 Å². The van der Waals surface area contributed by atoms with Crippen LogP contribution in [0.1, 0.15) is 16.7 Å². The van der Waals surface area contributed by atoms with E-state index in [1.54, 1.807) is 4.90 Å². The number of nitrogens with one attached hydrogen (secondary N) is 1. The minimum absolute atomic E-state index is 0.0792. The van der Waals surface area contributed by atoms with Gasteiger partial charge in [-0.05, 0) is 67.3 Å². The molecule has 0 aliphatic carbocycles. The number of rotatable bonds is 7. The van der Waals surface area contributed by atoms with Gasteiger partial charge in [-0.1, -0.05) is 42.5 Å². The number of carbonyl (C=O) groups excluding carboxylic acids is 1. The molecule has 3 aromatic carbocycles. The Bertz CT molecular complexity index is 1270. The van der Waals surface area contributed by atoms with Crippen molar-refractivity contribution in [1.29, 1.82) is 0 Å². The Hall–Kier alpha value is -3.23. The maximum atomic E-state index is 13.6.